The second-order valence-electron chi connectivity index (χ2n) is 4.70. The molecule has 1 heterocycles. The van der Waals surface area contributed by atoms with Crippen molar-refractivity contribution in [3.63, 3.8) is 0 Å². The topological polar surface area (TPSA) is 38.8 Å². The molecule has 1 aliphatic rings. The lowest BCUT2D eigenvalue weighted by molar-refractivity contribution is 0.00723. The third-order valence-corrected chi connectivity index (χ3v) is 3.38. The van der Waals surface area contributed by atoms with Crippen LogP contribution in [0.5, 0.6) is 5.75 Å². The predicted octanol–water partition coefficient (Wildman–Crippen LogP) is 2.34. The van der Waals surface area contributed by atoms with Crippen LogP contribution in [0.15, 0.2) is 24.3 Å². The highest BCUT2D eigenvalue weighted by molar-refractivity contribution is 5.94. The van der Waals surface area contributed by atoms with Gasteiger partial charge in [-0.25, -0.2) is 0 Å². The number of carbonyl (C=O) groups is 1. The van der Waals surface area contributed by atoms with Gasteiger partial charge in [-0.1, -0.05) is 6.07 Å². The molecule has 4 heteroatoms. The van der Waals surface area contributed by atoms with Gasteiger partial charge in [-0.15, -0.1) is 0 Å². The molecular formula is C15H21NO3. The number of amides is 1. The molecule has 1 unspecified atom stereocenters. The Balaban J connectivity index is 2.05. The van der Waals surface area contributed by atoms with E-state index in [-0.39, 0.29) is 12.0 Å². The van der Waals surface area contributed by atoms with Crippen LogP contribution in [-0.2, 0) is 4.74 Å². The fourth-order valence-corrected chi connectivity index (χ4v) is 2.43. The largest absolute Gasteiger partial charge is 0.497 e. The van der Waals surface area contributed by atoms with Crippen molar-refractivity contribution in [2.24, 2.45) is 0 Å². The summed E-state index contributed by atoms with van der Waals surface area (Å²) in [5.74, 6) is 0.771. The first-order chi connectivity index (χ1) is 9.24. The smallest absolute Gasteiger partial charge is 0.254 e. The van der Waals surface area contributed by atoms with Gasteiger partial charge < -0.3 is 14.4 Å². The summed E-state index contributed by atoms with van der Waals surface area (Å²) in [6.07, 6.45) is 2.21. The zero-order chi connectivity index (χ0) is 13.7. The maximum atomic E-state index is 12.4. The first-order valence-corrected chi connectivity index (χ1v) is 6.79. The number of carbonyl (C=O) groups excluding carboxylic acids is 1. The summed E-state index contributed by atoms with van der Waals surface area (Å²) in [7, 11) is 1.61. The summed E-state index contributed by atoms with van der Waals surface area (Å²) in [4.78, 5) is 14.3. The van der Waals surface area contributed by atoms with Crippen LogP contribution in [0.3, 0.4) is 0 Å². The van der Waals surface area contributed by atoms with Crippen LogP contribution in [-0.4, -0.2) is 43.7 Å². The second-order valence-corrected chi connectivity index (χ2v) is 4.70. The molecule has 0 spiro atoms. The maximum absolute atomic E-state index is 12.4. The van der Waals surface area contributed by atoms with E-state index < -0.39 is 0 Å². The Morgan fingerprint density at radius 2 is 2.32 bits per heavy atom. The lowest BCUT2D eigenvalue weighted by atomic mass is 10.1. The Bertz CT molecular complexity index is 431. The first kappa shape index (κ1) is 13.9. The molecule has 1 saturated heterocycles. The number of nitrogens with zero attached hydrogens (tertiary/aromatic N) is 1. The molecule has 104 valence electrons. The SMILES string of the molecule is CCOC1CCCN(C(=O)c2cccc(OC)c2)C1. The van der Waals surface area contributed by atoms with Crippen molar-refractivity contribution in [2.45, 2.75) is 25.9 Å². The fourth-order valence-electron chi connectivity index (χ4n) is 2.43. The average molecular weight is 263 g/mol. The molecule has 1 amide bonds. The molecular weight excluding hydrogens is 242 g/mol. The molecule has 2 rings (SSSR count). The molecule has 1 aliphatic heterocycles. The Morgan fingerprint density at radius 1 is 1.47 bits per heavy atom. The normalized spacial score (nSPS) is 19.3. The Hall–Kier alpha value is -1.55. The van der Waals surface area contributed by atoms with E-state index in [4.69, 9.17) is 9.47 Å². The third-order valence-electron chi connectivity index (χ3n) is 3.38. The molecule has 1 aromatic rings. The fraction of sp³-hybridized carbons (Fsp3) is 0.533. The lowest BCUT2D eigenvalue weighted by Gasteiger charge is -2.32. The molecule has 0 aromatic heterocycles. The summed E-state index contributed by atoms with van der Waals surface area (Å²) in [6, 6.07) is 7.30. The molecule has 19 heavy (non-hydrogen) atoms. The maximum Gasteiger partial charge on any atom is 0.254 e. The summed E-state index contributed by atoms with van der Waals surface area (Å²) in [5.41, 5.74) is 0.677. The molecule has 0 bridgehead atoms. The number of rotatable bonds is 4. The molecule has 0 N–H and O–H groups in total. The predicted molar refractivity (Wildman–Crippen MR) is 73.5 cm³/mol. The number of methoxy groups -OCH3 is 1. The molecule has 0 saturated carbocycles. The van der Waals surface area contributed by atoms with Crippen LogP contribution in [0.25, 0.3) is 0 Å². The number of hydrogen-bond acceptors (Lipinski definition) is 3. The number of likely N-dealkylation sites (tertiary alicyclic amines) is 1. The van der Waals surface area contributed by atoms with E-state index >= 15 is 0 Å². The zero-order valence-electron chi connectivity index (χ0n) is 11.6. The van der Waals surface area contributed by atoms with Crippen LogP contribution in [0.2, 0.25) is 0 Å². The zero-order valence-corrected chi connectivity index (χ0v) is 11.6. The van der Waals surface area contributed by atoms with Gasteiger partial charge in [0.2, 0.25) is 0 Å². The summed E-state index contributed by atoms with van der Waals surface area (Å²) < 4.78 is 10.8. The van der Waals surface area contributed by atoms with Gasteiger partial charge in [0, 0.05) is 25.3 Å². The second kappa shape index (κ2) is 6.57. The van der Waals surface area contributed by atoms with Crippen LogP contribution in [0.4, 0.5) is 0 Å². The van der Waals surface area contributed by atoms with Gasteiger partial charge in [-0.3, -0.25) is 4.79 Å². The van der Waals surface area contributed by atoms with Crippen molar-refractivity contribution in [3.05, 3.63) is 29.8 Å². The Kier molecular flexibility index (Phi) is 4.80. The quantitative estimate of drug-likeness (QED) is 0.837. The van der Waals surface area contributed by atoms with Gasteiger partial charge in [0.1, 0.15) is 5.75 Å². The molecule has 0 aliphatic carbocycles. The first-order valence-electron chi connectivity index (χ1n) is 6.79. The molecule has 1 aromatic carbocycles. The van der Waals surface area contributed by atoms with Gasteiger partial charge in [0.25, 0.3) is 5.91 Å². The molecule has 4 nitrogen and oxygen atoms in total. The van der Waals surface area contributed by atoms with Crippen molar-refractivity contribution in [2.75, 3.05) is 26.8 Å². The van der Waals surface area contributed by atoms with E-state index in [9.17, 15) is 4.79 Å². The third kappa shape index (κ3) is 3.47. The average Bonchev–Trinajstić information content (AvgIpc) is 2.47. The minimum absolute atomic E-state index is 0.0586. The van der Waals surface area contributed by atoms with Gasteiger partial charge in [-0.2, -0.15) is 0 Å². The summed E-state index contributed by atoms with van der Waals surface area (Å²) in [5, 5.41) is 0. The van der Waals surface area contributed by atoms with E-state index in [1.165, 1.54) is 0 Å². The van der Waals surface area contributed by atoms with E-state index in [1.807, 2.05) is 30.0 Å². The van der Waals surface area contributed by atoms with Gasteiger partial charge in [-0.05, 0) is 38.0 Å². The van der Waals surface area contributed by atoms with Crippen molar-refractivity contribution in [1.82, 2.24) is 4.90 Å². The van der Waals surface area contributed by atoms with Crippen LogP contribution < -0.4 is 4.74 Å². The molecule has 1 fully saturated rings. The Morgan fingerprint density at radius 3 is 3.05 bits per heavy atom. The number of benzene rings is 1. The number of hydrogen-bond donors (Lipinski definition) is 0. The Labute approximate surface area is 114 Å². The monoisotopic (exact) mass is 263 g/mol. The van der Waals surface area contributed by atoms with Gasteiger partial charge in [0.05, 0.1) is 13.2 Å². The van der Waals surface area contributed by atoms with Gasteiger partial charge in [0.15, 0.2) is 0 Å². The van der Waals surface area contributed by atoms with Gasteiger partial charge >= 0.3 is 0 Å². The van der Waals surface area contributed by atoms with E-state index in [1.54, 1.807) is 13.2 Å². The van der Waals surface area contributed by atoms with Crippen molar-refractivity contribution in [3.8, 4) is 5.75 Å². The standard InChI is InChI=1S/C15H21NO3/c1-3-19-14-8-5-9-16(11-14)15(17)12-6-4-7-13(10-12)18-2/h4,6-7,10,14H,3,5,8-9,11H2,1-2H3. The minimum atomic E-state index is 0.0586. The summed E-state index contributed by atoms with van der Waals surface area (Å²) in [6.45, 7) is 4.18. The minimum Gasteiger partial charge on any atom is -0.497 e. The van der Waals surface area contributed by atoms with Crippen molar-refractivity contribution < 1.29 is 14.3 Å². The van der Waals surface area contributed by atoms with Crippen molar-refractivity contribution in [1.29, 1.82) is 0 Å². The highest BCUT2D eigenvalue weighted by Crippen LogP contribution is 2.18. The lowest BCUT2D eigenvalue weighted by Crippen LogP contribution is -2.43. The van der Waals surface area contributed by atoms with E-state index in [0.29, 0.717) is 24.5 Å². The van der Waals surface area contributed by atoms with Crippen molar-refractivity contribution >= 4 is 5.91 Å². The van der Waals surface area contributed by atoms with Crippen LogP contribution in [0.1, 0.15) is 30.1 Å². The highest BCUT2D eigenvalue weighted by atomic mass is 16.5. The molecule has 0 radical (unpaired) electrons. The van der Waals surface area contributed by atoms with E-state index in [0.717, 1.165) is 19.4 Å². The number of piperidine rings is 1. The van der Waals surface area contributed by atoms with Crippen LogP contribution in [0, 0.1) is 0 Å². The van der Waals surface area contributed by atoms with Crippen LogP contribution >= 0.6 is 0 Å². The summed E-state index contributed by atoms with van der Waals surface area (Å²) >= 11 is 0. The molecule has 1 atom stereocenters. The number of ether oxygens (including phenoxy) is 2. The van der Waals surface area contributed by atoms with E-state index in [2.05, 4.69) is 0 Å². The highest BCUT2D eigenvalue weighted by Gasteiger charge is 2.24.